The molecule has 2 aromatic heterocycles. The lowest BCUT2D eigenvalue weighted by Crippen LogP contribution is -2.26. The van der Waals surface area contributed by atoms with E-state index in [-0.39, 0.29) is 6.04 Å². The van der Waals surface area contributed by atoms with Gasteiger partial charge in [-0.15, -0.1) is 0 Å². The molecule has 288 valence electrons. The van der Waals surface area contributed by atoms with Crippen molar-refractivity contribution in [2.24, 2.45) is 0 Å². The van der Waals surface area contributed by atoms with Crippen LogP contribution in [0.4, 0.5) is 0 Å². The van der Waals surface area contributed by atoms with Crippen molar-refractivity contribution < 1.29 is 0 Å². The van der Waals surface area contributed by atoms with Gasteiger partial charge in [-0.25, -0.2) is 0 Å². The van der Waals surface area contributed by atoms with Gasteiger partial charge in [-0.05, 0) is 105 Å². The van der Waals surface area contributed by atoms with Crippen LogP contribution in [0.3, 0.4) is 0 Å². The summed E-state index contributed by atoms with van der Waals surface area (Å²) in [5.41, 5.74) is 21.2. The van der Waals surface area contributed by atoms with Crippen molar-refractivity contribution in [3.63, 3.8) is 0 Å². The lowest BCUT2D eigenvalue weighted by Gasteiger charge is -2.32. The Hall–Kier alpha value is -7.46. The van der Waals surface area contributed by atoms with Crippen LogP contribution in [-0.4, -0.2) is 28.5 Å². The molecular weight excluding hydrogens is 739 g/mol. The maximum absolute atomic E-state index is 3.84. The molecule has 2 aliphatic rings. The van der Waals surface area contributed by atoms with Crippen molar-refractivity contribution in [3.05, 3.63) is 234 Å². The molecule has 2 aliphatic carbocycles. The van der Waals surface area contributed by atoms with E-state index in [1.807, 2.05) is 0 Å². The molecule has 1 atom stereocenters. The van der Waals surface area contributed by atoms with Crippen LogP contribution in [0.2, 0.25) is 0 Å². The Kier molecular flexibility index (Phi) is 7.20. The van der Waals surface area contributed by atoms with Gasteiger partial charge in [0.2, 0.25) is 0 Å². The second kappa shape index (κ2) is 12.8. The van der Waals surface area contributed by atoms with Gasteiger partial charge in [0.1, 0.15) is 0 Å². The number of fused-ring (bicyclic) bond motifs is 17. The normalized spacial score (nSPS) is 14.0. The Bertz CT molecular complexity index is 3540. The Labute approximate surface area is 354 Å². The molecule has 2 heterocycles. The van der Waals surface area contributed by atoms with Crippen molar-refractivity contribution in [1.82, 2.24) is 14.5 Å². The van der Waals surface area contributed by atoms with Crippen LogP contribution in [-0.2, 0) is 5.41 Å². The molecule has 0 saturated carbocycles. The van der Waals surface area contributed by atoms with Gasteiger partial charge in [-0.1, -0.05) is 176 Å². The summed E-state index contributed by atoms with van der Waals surface area (Å²) in [4.78, 5) is 6.23. The van der Waals surface area contributed by atoms with Gasteiger partial charge in [-0.3, -0.25) is 4.90 Å². The maximum atomic E-state index is 3.84. The Morgan fingerprint density at radius 3 is 1.85 bits per heavy atom. The van der Waals surface area contributed by atoms with Crippen LogP contribution in [0.1, 0.15) is 39.4 Å². The first-order valence-corrected chi connectivity index (χ1v) is 21.3. The zero-order valence-electron chi connectivity index (χ0n) is 34.0. The summed E-state index contributed by atoms with van der Waals surface area (Å²) in [7, 11) is 4.46. The van der Waals surface area contributed by atoms with Gasteiger partial charge >= 0.3 is 0 Å². The van der Waals surface area contributed by atoms with E-state index >= 15 is 0 Å². The fraction of sp³-hybridized carbons (Fsp3) is 0.0690. The number of hydrogen-bond acceptors (Lipinski definition) is 1. The highest BCUT2D eigenvalue weighted by Gasteiger charge is 2.52. The smallest absolute Gasteiger partial charge is 0.0783 e. The summed E-state index contributed by atoms with van der Waals surface area (Å²) >= 11 is 0. The molecule has 0 amide bonds. The van der Waals surface area contributed by atoms with Crippen LogP contribution >= 0.6 is 0 Å². The number of rotatable bonds is 5. The fourth-order valence-electron chi connectivity index (χ4n) is 11.6. The van der Waals surface area contributed by atoms with Crippen LogP contribution in [0.5, 0.6) is 0 Å². The predicted octanol–water partition coefficient (Wildman–Crippen LogP) is 14.1. The van der Waals surface area contributed by atoms with E-state index in [9.17, 15) is 0 Å². The third kappa shape index (κ3) is 4.56. The predicted molar refractivity (Wildman–Crippen MR) is 254 cm³/mol. The van der Waals surface area contributed by atoms with E-state index < -0.39 is 5.41 Å². The summed E-state index contributed by atoms with van der Waals surface area (Å²) < 4.78 is 2.48. The van der Waals surface area contributed by atoms with Crippen molar-refractivity contribution in [1.29, 1.82) is 0 Å². The lowest BCUT2D eigenvalue weighted by atomic mass is 9.70. The number of hydrogen-bond donors (Lipinski definition) is 1. The molecule has 61 heavy (non-hydrogen) atoms. The second-order valence-corrected chi connectivity index (χ2v) is 17.1. The SMILES string of the molecule is CN(C)C(c1cccc(-n2c3ccccc3c3ccc4c5ccccc5[nH]c4c32)c1)c1ccc2c(c1-c1ccccc1)-c1ccccc1C21c2ccccc2-c2ccccc21. The number of H-pyrrole nitrogens is 1. The number of nitrogens with one attached hydrogen (secondary N) is 1. The molecule has 3 nitrogen and oxygen atoms in total. The Balaban J connectivity index is 1.08. The van der Waals surface area contributed by atoms with Crippen LogP contribution in [0, 0.1) is 0 Å². The Morgan fingerprint density at radius 1 is 0.475 bits per heavy atom. The van der Waals surface area contributed by atoms with Gasteiger partial charge in [0.25, 0.3) is 0 Å². The number of aromatic nitrogens is 2. The van der Waals surface area contributed by atoms with Crippen molar-refractivity contribution in [2.75, 3.05) is 14.1 Å². The first-order valence-electron chi connectivity index (χ1n) is 21.3. The lowest BCUT2D eigenvalue weighted by molar-refractivity contribution is 0.343. The Morgan fingerprint density at radius 2 is 1.10 bits per heavy atom. The highest BCUT2D eigenvalue weighted by molar-refractivity contribution is 6.22. The van der Waals surface area contributed by atoms with Gasteiger partial charge in [0.15, 0.2) is 0 Å². The van der Waals surface area contributed by atoms with Crippen molar-refractivity contribution in [2.45, 2.75) is 11.5 Å². The highest BCUT2D eigenvalue weighted by atomic mass is 15.1. The standard InChI is InChI=1S/C58H41N3/c1-60(2)56(37-19-16-20-38(35-37)61-52-30-15-10-24-42(52)44-32-31-43-41-23-9-14-29-51(41)59-55(43)57(44)61)46-33-34-50-54(53(46)36-17-4-3-5-18-36)45-25-8-13-28-49(45)58(50)47-26-11-6-21-39(47)40-22-7-12-27-48(40)58/h3-35,56,59H,1-2H3. The molecule has 1 unspecified atom stereocenters. The van der Waals surface area contributed by atoms with E-state index in [1.165, 1.54) is 99.3 Å². The zero-order valence-corrected chi connectivity index (χ0v) is 34.0. The molecule has 1 spiro atoms. The van der Waals surface area contributed by atoms with Crippen LogP contribution in [0.15, 0.2) is 200 Å². The van der Waals surface area contributed by atoms with E-state index in [4.69, 9.17) is 0 Å². The molecule has 11 aromatic rings. The van der Waals surface area contributed by atoms with E-state index in [1.54, 1.807) is 0 Å². The topological polar surface area (TPSA) is 24.0 Å². The zero-order chi connectivity index (χ0) is 40.4. The first kappa shape index (κ1) is 34.4. The maximum Gasteiger partial charge on any atom is 0.0783 e. The third-order valence-electron chi connectivity index (χ3n) is 13.8. The van der Waals surface area contributed by atoms with Gasteiger partial charge < -0.3 is 9.55 Å². The molecule has 0 aliphatic heterocycles. The molecular formula is C58H41N3. The molecule has 0 bridgehead atoms. The number of nitrogens with zero attached hydrogens (tertiary/aromatic N) is 2. The summed E-state index contributed by atoms with van der Waals surface area (Å²) in [6.45, 7) is 0. The number of aromatic amines is 1. The quantitative estimate of drug-likeness (QED) is 0.185. The second-order valence-electron chi connectivity index (χ2n) is 17.1. The monoisotopic (exact) mass is 779 g/mol. The minimum Gasteiger partial charge on any atom is -0.353 e. The summed E-state index contributed by atoms with van der Waals surface area (Å²) in [5.74, 6) is 0. The van der Waals surface area contributed by atoms with Crippen LogP contribution < -0.4 is 0 Å². The van der Waals surface area contributed by atoms with E-state index in [0.29, 0.717) is 0 Å². The molecule has 0 radical (unpaired) electrons. The highest BCUT2D eigenvalue weighted by Crippen LogP contribution is 2.64. The van der Waals surface area contributed by atoms with Crippen molar-refractivity contribution >= 4 is 43.6 Å². The number of benzene rings is 9. The largest absolute Gasteiger partial charge is 0.353 e. The summed E-state index contributed by atoms with van der Waals surface area (Å²) in [5, 5.41) is 4.98. The minimum atomic E-state index is -0.417. The molecule has 9 aromatic carbocycles. The summed E-state index contributed by atoms with van der Waals surface area (Å²) in [6.07, 6.45) is 0. The van der Waals surface area contributed by atoms with E-state index in [2.05, 4.69) is 229 Å². The first-order chi connectivity index (χ1) is 30.1. The average Bonchev–Trinajstić information content (AvgIpc) is 4.03. The number of para-hydroxylation sites is 2. The minimum absolute atomic E-state index is 0.0477. The van der Waals surface area contributed by atoms with Gasteiger partial charge in [0, 0.05) is 32.7 Å². The van der Waals surface area contributed by atoms with Gasteiger partial charge in [0.05, 0.1) is 28.0 Å². The average molecular weight is 780 g/mol. The molecule has 0 saturated heterocycles. The summed E-state index contributed by atoms with van der Waals surface area (Å²) in [6, 6.07) is 74.7. The van der Waals surface area contributed by atoms with Crippen LogP contribution in [0.25, 0.3) is 82.7 Å². The molecule has 3 heteroatoms. The van der Waals surface area contributed by atoms with Crippen molar-refractivity contribution in [3.8, 4) is 39.1 Å². The van der Waals surface area contributed by atoms with Gasteiger partial charge in [-0.2, -0.15) is 0 Å². The van der Waals surface area contributed by atoms with E-state index in [0.717, 1.165) is 16.7 Å². The molecule has 13 rings (SSSR count). The molecule has 0 fully saturated rings. The third-order valence-corrected chi connectivity index (χ3v) is 13.8. The molecule has 1 N–H and O–H groups in total. The fourth-order valence-corrected chi connectivity index (χ4v) is 11.6.